The number of anilines is 1. The molecule has 27 heavy (non-hydrogen) atoms. The van der Waals surface area contributed by atoms with Crippen LogP contribution in [0.5, 0.6) is 5.75 Å². The van der Waals surface area contributed by atoms with Crippen LogP contribution < -0.4 is 9.64 Å². The zero-order chi connectivity index (χ0) is 19.7. The third-order valence-electron chi connectivity index (χ3n) is 4.43. The number of amides is 5. The number of morpholine rings is 1. The van der Waals surface area contributed by atoms with Crippen molar-refractivity contribution in [1.29, 1.82) is 0 Å². The van der Waals surface area contributed by atoms with Crippen LogP contribution in [0.4, 0.5) is 10.5 Å². The van der Waals surface area contributed by atoms with E-state index in [1.807, 2.05) is 13.8 Å². The van der Waals surface area contributed by atoms with Gasteiger partial charge in [0.2, 0.25) is 5.91 Å². The predicted molar refractivity (Wildman–Crippen MR) is 94.2 cm³/mol. The molecule has 2 saturated heterocycles. The predicted octanol–water partition coefficient (Wildman–Crippen LogP) is 0.626. The first-order valence-corrected chi connectivity index (χ1v) is 8.59. The van der Waals surface area contributed by atoms with Crippen molar-refractivity contribution >= 4 is 29.4 Å². The molecule has 0 N–H and O–H groups in total. The molecule has 0 saturated carbocycles. The molecule has 2 unspecified atom stereocenters. The number of carbonyl (C=O) groups excluding carboxylic acids is 4. The van der Waals surface area contributed by atoms with Gasteiger partial charge in [0.25, 0.3) is 0 Å². The normalized spacial score (nSPS) is 23.2. The zero-order valence-electron chi connectivity index (χ0n) is 15.4. The largest absolute Gasteiger partial charge is 0.497 e. The van der Waals surface area contributed by atoms with Crippen molar-refractivity contribution in [2.75, 3.05) is 31.6 Å². The fourth-order valence-electron chi connectivity index (χ4n) is 3.24. The van der Waals surface area contributed by atoms with Gasteiger partial charge in [-0.1, -0.05) is 6.07 Å². The molecule has 2 atom stereocenters. The molecular formula is C18H21N3O6. The second kappa shape index (κ2) is 7.36. The maximum Gasteiger partial charge on any atom is 0.339 e. The fraction of sp³-hybridized carbons (Fsp3) is 0.444. The first-order chi connectivity index (χ1) is 12.8. The SMILES string of the molecule is COc1cccc(N2C(=O)C(=O)N(CC(=O)N3CC(C)OC(C)C3)C2=O)c1. The molecule has 9 heteroatoms. The van der Waals surface area contributed by atoms with E-state index in [1.165, 1.54) is 24.1 Å². The van der Waals surface area contributed by atoms with Gasteiger partial charge in [-0.25, -0.2) is 14.6 Å². The first kappa shape index (κ1) is 18.8. The van der Waals surface area contributed by atoms with E-state index in [2.05, 4.69) is 0 Å². The third kappa shape index (κ3) is 3.63. The number of benzene rings is 1. The number of ether oxygens (including phenoxy) is 2. The van der Waals surface area contributed by atoms with E-state index in [9.17, 15) is 19.2 Å². The first-order valence-electron chi connectivity index (χ1n) is 8.59. The minimum atomic E-state index is -1.02. The maximum absolute atomic E-state index is 12.6. The molecule has 3 rings (SSSR count). The summed E-state index contributed by atoms with van der Waals surface area (Å²) in [5.41, 5.74) is 0.210. The van der Waals surface area contributed by atoms with Crippen LogP contribution >= 0.6 is 0 Å². The van der Waals surface area contributed by atoms with Crippen LogP contribution in [0.25, 0.3) is 0 Å². The van der Waals surface area contributed by atoms with Crippen molar-refractivity contribution in [3.05, 3.63) is 24.3 Å². The van der Waals surface area contributed by atoms with Crippen molar-refractivity contribution < 1.29 is 28.7 Å². The van der Waals surface area contributed by atoms with Gasteiger partial charge in [-0.2, -0.15) is 0 Å². The molecule has 2 fully saturated rings. The van der Waals surface area contributed by atoms with E-state index in [1.54, 1.807) is 12.1 Å². The van der Waals surface area contributed by atoms with E-state index in [0.29, 0.717) is 23.7 Å². The summed E-state index contributed by atoms with van der Waals surface area (Å²) >= 11 is 0. The van der Waals surface area contributed by atoms with Crippen molar-refractivity contribution in [2.24, 2.45) is 0 Å². The number of imide groups is 2. The van der Waals surface area contributed by atoms with Gasteiger partial charge in [-0.3, -0.25) is 14.4 Å². The highest BCUT2D eigenvalue weighted by Crippen LogP contribution is 2.26. The highest BCUT2D eigenvalue weighted by molar-refractivity contribution is 6.53. The molecule has 0 radical (unpaired) electrons. The smallest absolute Gasteiger partial charge is 0.339 e. The summed E-state index contributed by atoms with van der Waals surface area (Å²) in [5, 5.41) is 0. The van der Waals surface area contributed by atoms with Crippen LogP contribution in [0.3, 0.4) is 0 Å². The van der Waals surface area contributed by atoms with Gasteiger partial charge in [-0.05, 0) is 26.0 Å². The Morgan fingerprint density at radius 3 is 2.44 bits per heavy atom. The van der Waals surface area contributed by atoms with E-state index >= 15 is 0 Å². The fourth-order valence-corrected chi connectivity index (χ4v) is 3.24. The second-order valence-corrected chi connectivity index (χ2v) is 6.57. The van der Waals surface area contributed by atoms with Crippen molar-refractivity contribution in [1.82, 2.24) is 9.80 Å². The van der Waals surface area contributed by atoms with Gasteiger partial charge in [-0.15, -0.1) is 0 Å². The lowest BCUT2D eigenvalue weighted by molar-refractivity contribution is -0.147. The van der Waals surface area contributed by atoms with Crippen LogP contribution in [-0.2, 0) is 19.1 Å². The molecule has 1 aromatic carbocycles. The van der Waals surface area contributed by atoms with Gasteiger partial charge < -0.3 is 14.4 Å². The summed E-state index contributed by atoms with van der Waals surface area (Å²) in [6, 6.07) is 5.39. The minimum Gasteiger partial charge on any atom is -0.497 e. The summed E-state index contributed by atoms with van der Waals surface area (Å²) in [5.74, 6) is -1.99. The lowest BCUT2D eigenvalue weighted by Crippen LogP contribution is -2.51. The highest BCUT2D eigenvalue weighted by Gasteiger charge is 2.46. The van der Waals surface area contributed by atoms with E-state index in [4.69, 9.17) is 9.47 Å². The van der Waals surface area contributed by atoms with Crippen LogP contribution in [-0.4, -0.2) is 72.5 Å². The maximum atomic E-state index is 12.6. The Bertz CT molecular complexity index is 785. The zero-order valence-corrected chi connectivity index (χ0v) is 15.4. The van der Waals surface area contributed by atoms with Crippen LogP contribution in [0.1, 0.15) is 13.8 Å². The molecule has 1 aromatic rings. The second-order valence-electron chi connectivity index (χ2n) is 6.57. The Kier molecular flexibility index (Phi) is 5.13. The summed E-state index contributed by atoms with van der Waals surface area (Å²) in [6.45, 7) is 3.94. The van der Waals surface area contributed by atoms with Crippen molar-refractivity contribution in [2.45, 2.75) is 26.1 Å². The van der Waals surface area contributed by atoms with Gasteiger partial charge in [0, 0.05) is 19.2 Å². The number of carbonyl (C=O) groups is 4. The average molecular weight is 375 g/mol. The molecule has 0 aromatic heterocycles. The quantitative estimate of drug-likeness (QED) is 0.566. The van der Waals surface area contributed by atoms with Crippen LogP contribution in [0.15, 0.2) is 24.3 Å². The van der Waals surface area contributed by atoms with E-state index < -0.39 is 30.3 Å². The molecule has 2 aliphatic heterocycles. The molecular weight excluding hydrogens is 354 g/mol. The standard InChI is InChI=1S/C18H21N3O6/c1-11-8-19(9-12(2)27-11)15(22)10-20-16(23)17(24)21(18(20)25)13-5-4-6-14(7-13)26-3/h4-7,11-12H,8-10H2,1-3H3. The third-order valence-corrected chi connectivity index (χ3v) is 4.43. The average Bonchev–Trinajstić information content (AvgIpc) is 2.84. The number of rotatable bonds is 4. The lowest BCUT2D eigenvalue weighted by atomic mass is 10.2. The van der Waals surface area contributed by atoms with Gasteiger partial charge in [0.15, 0.2) is 0 Å². The summed E-state index contributed by atoms with van der Waals surface area (Å²) in [7, 11) is 1.45. The number of urea groups is 1. The summed E-state index contributed by atoms with van der Waals surface area (Å²) < 4.78 is 10.7. The molecule has 2 heterocycles. The monoisotopic (exact) mass is 375 g/mol. The molecule has 144 valence electrons. The molecule has 5 amide bonds. The van der Waals surface area contributed by atoms with Crippen molar-refractivity contribution in [3.8, 4) is 5.75 Å². The molecule has 9 nitrogen and oxygen atoms in total. The molecule has 0 bridgehead atoms. The Balaban J connectivity index is 1.77. The Hall–Kier alpha value is -2.94. The van der Waals surface area contributed by atoms with Gasteiger partial charge in [0.05, 0.1) is 25.0 Å². The summed E-state index contributed by atoms with van der Waals surface area (Å²) in [6.07, 6.45) is -0.282. The van der Waals surface area contributed by atoms with Crippen LogP contribution in [0, 0.1) is 0 Å². The Labute approximate surface area is 156 Å². The number of hydrogen-bond donors (Lipinski definition) is 0. The molecule has 2 aliphatic rings. The minimum absolute atomic E-state index is 0.141. The lowest BCUT2D eigenvalue weighted by Gasteiger charge is -2.35. The van der Waals surface area contributed by atoms with E-state index in [-0.39, 0.29) is 17.9 Å². The highest BCUT2D eigenvalue weighted by atomic mass is 16.5. The Morgan fingerprint density at radius 2 is 1.81 bits per heavy atom. The Morgan fingerprint density at radius 1 is 1.15 bits per heavy atom. The number of nitrogens with zero attached hydrogens (tertiary/aromatic N) is 3. The van der Waals surface area contributed by atoms with Gasteiger partial charge in [0.1, 0.15) is 12.3 Å². The molecule has 0 spiro atoms. The number of methoxy groups -OCH3 is 1. The topological polar surface area (TPSA) is 96.5 Å². The molecule has 0 aliphatic carbocycles. The van der Waals surface area contributed by atoms with Crippen LogP contribution in [0.2, 0.25) is 0 Å². The van der Waals surface area contributed by atoms with Crippen molar-refractivity contribution in [3.63, 3.8) is 0 Å². The number of hydrogen-bond acceptors (Lipinski definition) is 6. The van der Waals surface area contributed by atoms with E-state index in [0.717, 1.165) is 4.90 Å². The summed E-state index contributed by atoms with van der Waals surface area (Å²) in [4.78, 5) is 52.8. The van der Waals surface area contributed by atoms with Gasteiger partial charge >= 0.3 is 17.8 Å².